The van der Waals surface area contributed by atoms with E-state index in [1.807, 2.05) is 12.4 Å². The van der Waals surface area contributed by atoms with Crippen LogP contribution in [-0.4, -0.2) is 40.4 Å². The first-order valence-corrected chi connectivity index (χ1v) is 10.1. The second-order valence-corrected chi connectivity index (χ2v) is 8.54. The SMILES string of the molecule is Cc1cc(C)c2c(c1)C=NCC(C)(C)N=Cc1cc(C)cc(C)c1[O][Al][O]2. The molecule has 2 aromatic rings. The number of fused-ring (bicyclic) bond motifs is 2. The van der Waals surface area contributed by atoms with Crippen molar-refractivity contribution in [3.63, 3.8) is 0 Å². The number of hydrogen-bond acceptors (Lipinski definition) is 4. The van der Waals surface area contributed by atoms with Crippen molar-refractivity contribution in [3.8, 4) is 11.5 Å². The summed E-state index contributed by atoms with van der Waals surface area (Å²) < 4.78 is 12.2. The molecule has 27 heavy (non-hydrogen) atoms. The zero-order valence-corrected chi connectivity index (χ0v) is 18.1. The van der Waals surface area contributed by atoms with E-state index < -0.39 is 15.9 Å². The number of rotatable bonds is 0. The van der Waals surface area contributed by atoms with E-state index in [2.05, 4.69) is 70.8 Å². The summed E-state index contributed by atoms with van der Waals surface area (Å²) in [5, 5.41) is 0. The molecule has 1 aliphatic rings. The van der Waals surface area contributed by atoms with Crippen molar-refractivity contribution in [2.24, 2.45) is 9.98 Å². The van der Waals surface area contributed by atoms with Gasteiger partial charge >= 0.3 is 15.9 Å². The lowest BCUT2D eigenvalue weighted by Crippen LogP contribution is -2.21. The molecule has 0 spiro atoms. The Kier molecular flexibility index (Phi) is 5.74. The molecule has 0 atom stereocenters. The van der Waals surface area contributed by atoms with E-state index in [1.54, 1.807) is 0 Å². The van der Waals surface area contributed by atoms with Crippen molar-refractivity contribution in [1.82, 2.24) is 0 Å². The van der Waals surface area contributed by atoms with Gasteiger partial charge in [0.25, 0.3) is 0 Å². The summed E-state index contributed by atoms with van der Waals surface area (Å²) in [6.45, 7) is 13.1. The average molecular weight is 377 g/mol. The van der Waals surface area contributed by atoms with Crippen LogP contribution in [0.5, 0.6) is 11.5 Å². The van der Waals surface area contributed by atoms with E-state index >= 15 is 0 Å². The van der Waals surface area contributed by atoms with Crippen LogP contribution in [0.2, 0.25) is 0 Å². The molecule has 1 heterocycles. The van der Waals surface area contributed by atoms with Crippen molar-refractivity contribution >= 4 is 28.3 Å². The second-order valence-electron chi connectivity index (χ2n) is 7.87. The Morgan fingerprint density at radius 3 is 1.89 bits per heavy atom. The Labute approximate surface area is 168 Å². The number of aryl methyl sites for hydroxylation is 4. The summed E-state index contributed by atoms with van der Waals surface area (Å²) in [5.41, 5.74) is 6.25. The van der Waals surface area contributed by atoms with Gasteiger partial charge in [0.2, 0.25) is 0 Å². The molecule has 0 saturated heterocycles. The van der Waals surface area contributed by atoms with E-state index in [4.69, 9.17) is 12.6 Å². The molecule has 0 N–H and O–H groups in total. The summed E-state index contributed by atoms with van der Waals surface area (Å²) in [5.74, 6) is 1.70. The Hall–Kier alpha value is -2.09. The van der Waals surface area contributed by atoms with E-state index in [0.29, 0.717) is 6.54 Å². The van der Waals surface area contributed by atoms with Gasteiger partial charge in [0.1, 0.15) is 0 Å². The molecule has 139 valence electrons. The van der Waals surface area contributed by atoms with Gasteiger partial charge in [-0.1, -0.05) is 12.1 Å². The van der Waals surface area contributed by atoms with Crippen LogP contribution in [0, 0.1) is 27.7 Å². The number of aliphatic imine (C=N–C) groups is 2. The fraction of sp³-hybridized carbons (Fsp3) is 0.364. The Morgan fingerprint density at radius 2 is 1.33 bits per heavy atom. The van der Waals surface area contributed by atoms with Crippen LogP contribution >= 0.6 is 0 Å². The standard InChI is InChI=1S/C22H28N2O2.Al/c1-14-7-16(3)20(25)18(9-14)11-23-13-22(5,6)24-12-19-10-15(2)8-17(4)21(19)26;/h7-12,25-26H,13H2,1-6H3;/q;+2/p-2. The Morgan fingerprint density at radius 1 is 0.815 bits per heavy atom. The quantitative estimate of drug-likeness (QED) is 0.633. The van der Waals surface area contributed by atoms with E-state index in [1.165, 1.54) is 11.1 Å². The zero-order chi connectivity index (χ0) is 19.6. The highest BCUT2D eigenvalue weighted by molar-refractivity contribution is 6.21. The highest BCUT2D eigenvalue weighted by atomic mass is 27.2. The molecule has 0 saturated carbocycles. The predicted octanol–water partition coefficient (Wildman–Crippen LogP) is 4.54. The monoisotopic (exact) mass is 377 g/mol. The molecule has 4 nitrogen and oxygen atoms in total. The fourth-order valence-corrected chi connectivity index (χ4v) is 4.15. The third kappa shape index (κ3) is 4.80. The summed E-state index contributed by atoms with van der Waals surface area (Å²) >= 11 is -0.701. The van der Waals surface area contributed by atoms with Crippen LogP contribution < -0.4 is 7.58 Å². The summed E-state index contributed by atoms with van der Waals surface area (Å²) in [4.78, 5) is 9.44. The van der Waals surface area contributed by atoms with Gasteiger partial charge in [0, 0.05) is 23.6 Å². The highest BCUT2D eigenvalue weighted by Crippen LogP contribution is 2.27. The molecule has 0 fully saturated rings. The molecular formula is C22H26AlN2O2. The number of hydrogen-bond donors (Lipinski definition) is 0. The first-order valence-electron chi connectivity index (χ1n) is 9.18. The molecule has 1 aliphatic heterocycles. The summed E-state index contributed by atoms with van der Waals surface area (Å²) in [6.07, 6.45) is 3.80. The molecule has 1 radical (unpaired) electrons. The first-order chi connectivity index (χ1) is 12.7. The summed E-state index contributed by atoms with van der Waals surface area (Å²) in [6, 6.07) is 8.46. The Bertz CT molecular complexity index is 917. The van der Waals surface area contributed by atoms with Crippen LogP contribution in [0.3, 0.4) is 0 Å². The van der Waals surface area contributed by atoms with Crippen LogP contribution in [-0.2, 0) is 0 Å². The first kappa shape index (κ1) is 19.7. The smallest absolute Gasteiger partial charge is 0.615 e. The average Bonchev–Trinajstić information content (AvgIpc) is 2.57. The zero-order valence-electron chi connectivity index (χ0n) is 17.0. The maximum atomic E-state index is 6.12. The third-order valence-corrected chi connectivity index (χ3v) is 5.15. The lowest BCUT2D eigenvalue weighted by atomic mass is 10.0. The molecule has 3 rings (SSSR count). The minimum absolute atomic E-state index is 0.299. The maximum Gasteiger partial charge on any atom is 0.881 e. The van der Waals surface area contributed by atoms with Gasteiger partial charge in [-0.25, -0.2) is 0 Å². The maximum absolute atomic E-state index is 6.12. The summed E-state index contributed by atoms with van der Waals surface area (Å²) in [7, 11) is 0. The van der Waals surface area contributed by atoms with Gasteiger partial charge in [-0.2, -0.15) is 0 Å². The molecule has 0 aliphatic carbocycles. The molecule has 0 unspecified atom stereocenters. The molecule has 5 heteroatoms. The van der Waals surface area contributed by atoms with Crippen LogP contribution in [0.1, 0.15) is 47.2 Å². The van der Waals surface area contributed by atoms with E-state index in [9.17, 15) is 0 Å². The molecule has 0 amide bonds. The van der Waals surface area contributed by atoms with Gasteiger partial charge in [-0.3, -0.25) is 9.98 Å². The van der Waals surface area contributed by atoms with Crippen molar-refractivity contribution < 1.29 is 7.58 Å². The van der Waals surface area contributed by atoms with Crippen molar-refractivity contribution in [2.75, 3.05) is 6.54 Å². The van der Waals surface area contributed by atoms with Crippen molar-refractivity contribution in [3.05, 3.63) is 57.6 Å². The minimum Gasteiger partial charge on any atom is -0.615 e. The molecule has 2 aromatic carbocycles. The van der Waals surface area contributed by atoms with Crippen LogP contribution in [0.4, 0.5) is 0 Å². The Balaban J connectivity index is 2.07. The predicted molar refractivity (Wildman–Crippen MR) is 113 cm³/mol. The number of benzene rings is 2. The largest absolute Gasteiger partial charge is 0.881 e. The van der Waals surface area contributed by atoms with Crippen molar-refractivity contribution in [1.29, 1.82) is 0 Å². The molecule has 0 bridgehead atoms. The van der Waals surface area contributed by atoms with Gasteiger partial charge in [-0.15, -0.1) is 0 Å². The lowest BCUT2D eigenvalue weighted by Gasteiger charge is -2.18. The van der Waals surface area contributed by atoms with Gasteiger partial charge in [-0.05, 0) is 75.9 Å². The van der Waals surface area contributed by atoms with E-state index in [0.717, 1.165) is 33.8 Å². The lowest BCUT2D eigenvalue weighted by molar-refractivity contribution is 0.454. The van der Waals surface area contributed by atoms with Crippen molar-refractivity contribution in [2.45, 2.75) is 47.1 Å². The van der Waals surface area contributed by atoms with Gasteiger partial charge in [0.15, 0.2) is 0 Å². The topological polar surface area (TPSA) is 43.2 Å². The normalized spacial score (nSPS) is 15.8. The van der Waals surface area contributed by atoms with Crippen LogP contribution in [0.25, 0.3) is 0 Å². The fourth-order valence-electron chi connectivity index (χ4n) is 3.26. The molecule has 0 aromatic heterocycles. The second kappa shape index (κ2) is 7.88. The molecular weight excluding hydrogens is 351 g/mol. The van der Waals surface area contributed by atoms with E-state index in [-0.39, 0.29) is 5.54 Å². The highest BCUT2D eigenvalue weighted by Gasteiger charge is 2.18. The minimum atomic E-state index is -0.701. The third-order valence-electron chi connectivity index (χ3n) is 4.49. The van der Waals surface area contributed by atoms with Crippen LogP contribution in [0.15, 0.2) is 34.3 Å². The van der Waals surface area contributed by atoms with Gasteiger partial charge < -0.3 is 7.58 Å². The number of nitrogens with zero attached hydrogens (tertiary/aromatic N) is 2. The van der Waals surface area contributed by atoms with Gasteiger partial charge in [0.05, 0.1) is 23.6 Å².